The van der Waals surface area contributed by atoms with Crippen molar-refractivity contribution >= 4 is 28.0 Å². The molecule has 4 nitrogen and oxygen atoms in total. The quantitative estimate of drug-likeness (QED) is 0.664. The predicted octanol–water partition coefficient (Wildman–Crippen LogP) is -0.275. The van der Waals surface area contributed by atoms with Crippen molar-refractivity contribution in [2.24, 2.45) is 4.36 Å². The summed E-state index contributed by atoms with van der Waals surface area (Å²) in [5.41, 5.74) is 0.965. The Morgan fingerprint density at radius 1 is 1.21 bits per heavy atom. The van der Waals surface area contributed by atoms with Crippen LogP contribution in [0.15, 0.2) is 28.6 Å². The maximum atomic E-state index is 11.3. The Bertz CT molecular complexity index is 413. The second-order valence-electron chi connectivity index (χ2n) is 3.24. The number of nitrogens with zero attached hydrogens (tertiary/aromatic N) is 1. The number of hydrogen-bond donors (Lipinski definition) is 2. The maximum absolute atomic E-state index is 11.3. The van der Waals surface area contributed by atoms with Crippen LogP contribution in [0.4, 0.5) is 5.69 Å². The van der Waals surface area contributed by atoms with Crippen molar-refractivity contribution in [3.05, 3.63) is 24.3 Å². The van der Waals surface area contributed by atoms with Crippen LogP contribution in [0.3, 0.4) is 0 Å². The molecule has 0 saturated heterocycles. The Morgan fingerprint density at radius 2 is 1.71 bits per heavy atom. The first-order valence-electron chi connectivity index (χ1n) is 4.02. The molecule has 1 rings (SSSR count). The Hall–Kier alpha value is -0.845. The lowest BCUT2D eigenvalue weighted by atomic mass is 9.80. The van der Waals surface area contributed by atoms with E-state index in [4.69, 9.17) is 10.0 Å². The summed E-state index contributed by atoms with van der Waals surface area (Å²) >= 11 is 0. The Balaban J connectivity index is 3.01. The molecule has 0 radical (unpaired) electrons. The molecular formula is C8H12BNO3S. The molecule has 1 aromatic carbocycles. The third-order valence-corrected chi connectivity index (χ3v) is 2.17. The minimum absolute atomic E-state index is 0.391. The highest BCUT2D eigenvalue weighted by molar-refractivity contribution is 7.92. The molecule has 0 heterocycles. The van der Waals surface area contributed by atoms with Crippen molar-refractivity contribution in [2.75, 3.05) is 12.5 Å². The van der Waals surface area contributed by atoms with Gasteiger partial charge in [0.2, 0.25) is 0 Å². The van der Waals surface area contributed by atoms with Crippen molar-refractivity contribution in [3.63, 3.8) is 0 Å². The first-order valence-corrected chi connectivity index (χ1v) is 6.35. The van der Waals surface area contributed by atoms with Crippen LogP contribution in [0, 0.1) is 0 Å². The second kappa shape index (κ2) is 4.12. The van der Waals surface area contributed by atoms with Gasteiger partial charge in [0.05, 0.1) is 5.69 Å². The van der Waals surface area contributed by atoms with E-state index in [1.165, 1.54) is 12.1 Å². The van der Waals surface area contributed by atoms with Crippen molar-refractivity contribution in [2.45, 2.75) is 0 Å². The van der Waals surface area contributed by atoms with E-state index >= 15 is 0 Å². The van der Waals surface area contributed by atoms with Gasteiger partial charge in [-0.2, -0.15) is 4.36 Å². The highest BCUT2D eigenvalue weighted by Gasteiger charge is 2.09. The van der Waals surface area contributed by atoms with Gasteiger partial charge >= 0.3 is 7.12 Å². The largest absolute Gasteiger partial charge is 0.488 e. The van der Waals surface area contributed by atoms with Crippen LogP contribution in [0.1, 0.15) is 0 Å². The normalized spacial score (nSPS) is 11.1. The first kappa shape index (κ1) is 11.2. The topological polar surface area (TPSA) is 69.9 Å². The standard InChI is InChI=1S/C8H12BNO3S/c1-14(2,13)10-8-5-3-7(4-6-8)9(11)12/h3-6,11-12H,1-2H3. The molecule has 0 spiro atoms. The molecule has 0 fully saturated rings. The molecule has 0 atom stereocenters. The minimum Gasteiger partial charge on any atom is -0.423 e. The van der Waals surface area contributed by atoms with Crippen LogP contribution in [-0.2, 0) is 9.73 Å². The van der Waals surface area contributed by atoms with E-state index in [2.05, 4.69) is 4.36 Å². The third-order valence-electron chi connectivity index (χ3n) is 1.52. The maximum Gasteiger partial charge on any atom is 0.488 e. The first-order chi connectivity index (χ1) is 6.38. The lowest BCUT2D eigenvalue weighted by Gasteiger charge is -2.00. The SMILES string of the molecule is CS(C)(=O)=Nc1ccc(B(O)O)cc1. The van der Waals surface area contributed by atoms with Gasteiger partial charge in [-0.25, -0.2) is 4.21 Å². The summed E-state index contributed by atoms with van der Waals surface area (Å²) in [6.07, 6.45) is 3.09. The summed E-state index contributed by atoms with van der Waals surface area (Å²) in [5.74, 6) is 0. The van der Waals surface area contributed by atoms with E-state index in [1.54, 1.807) is 24.6 Å². The smallest absolute Gasteiger partial charge is 0.423 e. The van der Waals surface area contributed by atoms with Crippen molar-refractivity contribution in [1.82, 2.24) is 0 Å². The van der Waals surface area contributed by atoms with E-state index in [9.17, 15) is 4.21 Å². The highest BCUT2D eigenvalue weighted by Crippen LogP contribution is 2.11. The molecule has 14 heavy (non-hydrogen) atoms. The summed E-state index contributed by atoms with van der Waals surface area (Å²) in [6.45, 7) is 0. The van der Waals surface area contributed by atoms with Gasteiger partial charge in [0.15, 0.2) is 0 Å². The average molecular weight is 213 g/mol. The van der Waals surface area contributed by atoms with Gasteiger partial charge in [-0.3, -0.25) is 0 Å². The van der Waals surface area contributed by atoms with Gasteiger partial charge in [0.1, 0.15) is 0 Å². The molecule has 0 aliphatic carbocycles. The van der Waals surface area contributed by atoms with Crippen molar-refractivity contribution < 1.29 is 14.3 Å². The lowest BCUT2D eigenvalue weighted by molar-refractivity contribution is 0.426. The number of hydrogen-bond acceptors (Lipinski definition) is 4. The minimum atomic E-state index is -2.16. The zero-order valence-electron chi connectivity index (χ0n) is 8.04. The molecule has 0 unspecified atom stereocenters. The molecule has 0 saturated carbocycles. The molecule has 0 aliphatic rings. The third kappa shape index (κ3) is 3.49. The van der Waals surface area contributed by atoms with Gasteiger partial charge in [0, 0.05) is 22.2 Å². The predicted molar refractivity (Wildman–Crippen MR) is 58.3 cm³/mol. The zero-order valence-corrected chi connectivity index (χ0v) is 8.86. The van der Waals surface area contributed by atoms with Crippen LogP contribution >= 0.6 is 0 Å². The summed E-state index contributed by atoms with van der Waals surface area (Å²) in [4.78, 5) is 0. The van der Waals surface area contributed by atoms with Gasteiger partial charge < -0.3 is 10.0 Å². The van der Waals surface area contributed by atoms with Gasteiger partial charge in [0.25, 0.3) is 0 Å². The van der Waals surface area contributed by atoms with Crippen LogP contribution in [0.25, 0.3) is 0 Å². The number of rotatable bonds is 2. The summed E-state index contributed by atoms with van der Waals surface area (Å²) < 4.78 is 15.3. The monoisotopic (exact) mass is 213 g/mol. The second-order valence-corrected chi connectivity index (χ2v) is 5.78. The molecular weight excluding hydrogens is 201 g/mol. The molecule has 0 amide bonds. The summed E-state index contributed by atoms with van der Waals surface area (Å²) in [6, 6.07) is 6.27. The van der Waals surface area contributed by atoms with E-state index in [0.717, 1.165) is 0 Å². The van der Waals surface area contributed by atoms with Gasteiger partial charge in [-0.05, 0) is 17.6 Å². The molecule has 76 valence electrons. The molecule has 6 heteroatoms. The van der Waals surface area contributed by atoms with Crippen LogP contribution in [-0.4, -0.2) is 33.9 Å². The Kier molecular flexibility index (Phi) is 3.31. The Morgan fingerprint density at radius 3 is 2.07 bits per heavy atom. The van der Waals surface area contributed by atoms with E-state index in [0.29, 0.717) is 11.2 Å². The summed E-state index contributed by atoms with van der Waals surface area (Å²) in [5, 5.41) is 17.6. The fraction of sp³-hybridized carbons (Fsp3) is 0.250. The van der Waals surface area contributed by atoms with Crippen LogP contribution in [0.5, 0.6) is 0 Å². The molecule has 2 N–H and O–H groups in total. The average Bonchev–Trinajstić information content (AvgIpc) is 2.02. The molecule has 0 aliphatic heterocycles. The summed E-state index contributed by atoms with van der Waals surface area (Å²) in [7, 11) is -3.64. The van der Waals surface area contributed by atoms with Gasteiger partial charge in [-0.1, -0.05) is 12.1 Å². The van der Waals surface area contributed by atoms with E-state index in [1.807, 2.05) is 0 Å². The van der Waals surface area contributed by atoms with Crippen molar-refractivity contribution in [1.29, 1.82) is 0 Å². The van der Waals surface area contributed by atoms with Crippen LogP contribution < -0.4 is 5.46 Å². The van der Waals surface area contributed by atoms with Crippen LogP contribution in [0.2, 0.25) is 0 Å². The molecule has 1 aromatic rings. The van der Waals surface area contributed by atoms with E-state index in [-0.39, 0.29) is 0 Å². The Labute approximate surface area is 83.9 Å². The zero-order chi connectivity index (χ0) is 10.8. The number of benzene rings is 1. The highest BCUT2D eigenvalue weighted by atomic mass is 32.2. The molecule has 0 aromatic heterocycles. The lowest BCUT2D eigenvalue weighted by Crippen LogP contribution is -2.29. The van der Waals surface area contributed by atoms with Crippen molar-refractivity contribution in [3.8, 4) is 0 Å². The van der Waals surface area contributed by atoms with Gasteiger partial charge in [-0.15, -0.1) is 0 Å². The van der Waals surface area contributed by atoms with E-state index < -0.39 is 16.8 Å². The fourth-order valence-corrected chi connectivity index (χ4v) is 1.59. The molecule has 0 bridgehead atoms. The fourth-order valence-electron chi connectivity index (χ4n) is 0.961.